The van der Waals surface area contributed by atoms with E-state index in [0.29, 0.717) is 19.4 Å². The van der Waals surface area contributed by atoms with Gasteiger partial charge in [-0.3, -0.25) is 14.5 Å². The molecule has 0 radical (unpaired) electrons. The Bertz CT molecular complexity index is 180. The molecule has 0 aromatic rings. The number of amides is 1. The van der Waals surface area contributed by atoms with E-state index in [-0.39, 0.29) is 19.7 Å². The first-order valence-electron chi connectivity index (χ1n) is 4.39. The van der Waals surface area contributed by atoms with Gasteiger partial charge in [0.05, 0.1) is 13.1 Å². The van der Waals surface area contributed by atoms with Crippen LogP contribution in [0.4, 0.5) is 0 Å². The summed E-state index contributed by atoms with van der Waals surface area (Å²) in [5.74, 6) is -1.54. The van der Waals surface area contributed by atoms with E-state index in [1.807, 2.05) is 0 Å². The van der Waals surface area contributed by atoms with Crippen molar-refractivity contribution in [3.05, 3.63) is 0 Å². The molecule has 0 saturated heterocycles. The summed E-state index contributed by atoms with van der Waals surface area (Å²) < 4.78 is 0. The summed E-state index contributed by atoms with van der Waals surface area (Å²) in [5, 5.41) is 17.0. The van der Waals surface area contributed by atoms with Gasteiger partial charge in [-0.1, -0.05) is 0 Å². The highest BCUT2D eigenvalue weighted by atomic mass is 16.4. The maximum Gasteiger partial charge on any atom is 0.317 e. The van der Waals surface area contributed by atoms with E-state index in [1.165, 1.54) is 4.90 Å². The van der Waals surface area contributed by atoms with Crippen LogP contribution in [0.3, 0.4) is 0 Å². The molecule has 0 aliphatic carbocycles. The molecule has 6 heteroatoms. The van der Waals surface area contributed by atoms with Gasteiger partial charge in [0.25, 0.3) is 0 Å². The molecule has 0 saturated carbocycles. The number of hydrogen-bond donors (Lipinski definition) is 3. The highest BCUT2D eigenvalue weighted by Crippen LogP contribution is 1.94. The first-order valence-corrected chi connectivity index (χ1v) is 4.39. The van der Waals surface area contributed by atoms with Crippen molar-refractivity contribution in [3.63, 3.8) is 0 Å². The summed E-state index contributed by atoms with van der Waals surface area (Å²) in [6.45, 7) is 0.263. The van der Waals surface area contributed by atoms with Gasteiger partial charge in [0.15, 0.2) is 0 Å². The van der Waals surface area contributed by atoms with Gasteiger partial charge in [0.1, 0.15) is 0 Å². The predicted octanol–water partition coefficient (Wildman–Crippen LogP) is -1.37. The third-order valence-corrected chi connectivity index (χ3v) is 1.62. The summed E-state index contributed by atoms with van der Waals surface area (Å²) in [5.41, 5.74) is 4.95. The first kappa shape index (κ1) is 12.9. The Hall–Kier alpha value is -1.14. The number of aliphatic hydroxyl groups excluding tert-OH is 1. The smallest absolute Gasteiger partial charge is 0.317 e. The third kappa shape index (κ3) is 7.51. The van der Waals surface area contributed by atoms with Crippen molar-refractivity contribution in [3.8, 4) is 0 Å². The lowest BCUT2D eigenvalue weighted by Gasteiger charge is -2.17. The van der Waals surface area contributed by atoms with E-state index in [1.54, 1.807) is 0 Å². The maximum atomic E-state index is 10.6. The molecule has 1 amide bonds. The Kier molecular flexibility index (Phi) is 6.69. The Morgan fingerprint density at radius 1 is 1.21 bits per heavy atom. The zero-order valence-corrected chi connectivity index (χ0v) is 7.98. The second kappa shape index (κ2) is 7.28. The number of rotatable bonds is 8. The molecule has 0 unspecified atom stereocenters. The average Bonchev–Trinajstić information content (AvgIpc) is 2.02. The molecule has 0 rings (SSSR count). The zero-order chi connectivity index (χ0) is 11.0. The standard InChI is InChI=1S/C8H16N2O4/c9-7(12)5-10(6-8(13)14)3-1-2-4-11/h11H,1-6H2,(H2,9,12)(H,13,14). The van der Waals surface area contributed by atoms with Gasteiger partial charge in [-0.05, 0) is 19.4 Å². The van der Waals surface area contributed by atoms with Crippen LogP contribution in [-0.4, -0.2) is 53.2 Å². The lowest BCUT2D eigenvalue weighted by atomic mass is 10.3. The predicted molar refractivity (Wildman–Crippen MR) is 49.6 cm³/mol. The van der Waals surface area contributed by atoms with Gasteiger partial charge in [-0.15, -0.1) is 0 Å². The fourth-order valence-corrected chi connectivity index (χ4v) is 1.07. The molecular weight excluding hydrogens is 188 g/mol. The zero-order valence-electron chi connectivity index (χ0n) is 7.98. The van der Waals surface area contributed by atoms with Crippen LogP contribution in [0.25, 0.3) is 0 Å². The van der Waals surface area contributed by atoms with Gasteiger partial charge in [0.2, 0.25) is 5.91 Å². The number of aliphatic hydroxyl groups is 1. The van der Waals surface area contributed by atoms with Crippen molar-refractivity contribution < 1.29 is 19.8 Å². The van der Waals surface area contributed by atoms with Gasteiger partial charge in [0, 0.05) is 6.61 Å². The van der Waals surface area contributed by atoms with Crippen molar-refractivity contribution in [2.45, 2.75) is 12.8 Å². The average molecular weight is 204 g/mol. The van der Waals surface area contributed by atoms with E-state index in [4.69, 9.17) is 15.9 Å². The maximum absolute atomic E-state index is 10.6. The Morgan fingerprint density at radius 3 is 2.29 bits per heavy atom. The molecule has 0 aromatic carbocycles. The number of carboxylic acid groups (broad SMARTS) is 1. The van der Waals surface area contributed by atoms with E-state index in [2.05, 4.69) is 0 Å². The SMILES string of the molecule is NC(=O)CN(CCCCO)CC(=O)O. The Balaban J connectivity index is 3.84. The van der Waals surface area contributed by atoms with Gasteiger partial charge < -0.3 is 15.9 Å². The van der Waals surface area contributed by atoms with Crippen LogP contribution < -0.4 is 5.73 Å². The minimum absolute atomic E-state index is 0.0578. The second-order valence-corrected chi connectivity index (χ2v) is 3.00. The van der Waals surface area contributed by atoms with Gasteiger partial charge in [-0.2, -0.15) is 0 Å². The van der Waals surface area contributed by atoms with Crippen molar-refractivity contribution in [2.75, 3.05) is 26.2 Å². The summed E-state index contributed by atoms with van der Waals surface area (Å²) in [7, 11) is 0. The molecular formula is C8H16N2O4. The molecule has 0 heterocycles. The van der Waals surface area contributed by atoms with Crippen LogP contribution in [0, 0.1) is 0 Å². The summed E-state index contributed by atoms with van der Waals surface area (Å²) in [4.78, 5) is 22.4. The Labute approximate surface area is 82.3 Å². The summed E-state index contributed by atoms with van der Waals surface area (Å²) in [6, 6.07) is 0. The van der Waals surface area contributed by atoms with Gasteiger partial charge in [-0.25, -0.2) is 0 Å². The highest BCUT2D eigenvalue weighted by molar-refractivity contribution is 5.77. The fraction of sp³-hybridized carbons (Fsp3) is 0.750. The topological polar surface area (TPSA) is 104 Å². The minimum atomic E-state index is -0.991. The number of carbonyl (C=O) groups excluding carboxylic acids is 1. The number of carboxylic acids is 1. The van der Waals surface area contributed by atoms with Gasteiger partial charge >= 0.3 is 5.97 Å². The van der Waals surface area contributed by atoms with Crippen molar-refractivity contribution >= 4 is 11.9 Å². The number of hydrogen-bond acceptors (Lipinski definition) is 4. The molecule has 0 aromatic heterocycles. The molecule has 0 aliphatic heterocycles. The quantitative estimate of drug-likeness (QED) is 0.423. The third-order valence-electron chi connectivity index (χ3n) is 1.62. The number of aliphatic carboxylic acids is 1. The number of primary amides is 1. The van der Waals surface area contributed by atoms with Crippen LogP contribution in [0.15, 0.2) is 0 Å². The van der Waals surface area contributed by atoms with Crippen LogP contribution in [0.2, 0.25) is 0 Å². The van der Waals surface area contributed by atoms with E-state index >= 15 is 0 Å². The van der Waals surface area contributed by atoms with E-state index in [0.717, 1.165) is 0 Å². The van der Waals surface area contributed by atoms with Crippen LogP contribution >= 0.6 is 0 Å². The largest absolute Gasteiger partial charge is 0.480 e. The fourth-order valence-electron chi connectivity index (χ4n) is 1.07. The first-order chi connectivity index (χ1) is 6.56. The number of unbranched alkanes of at least 4 members (excludes halogenated alkanes) is 1. The lowest BCUT2D eigenvalue weighted by Crippen LogP contribution is -2.38. The van der Waals surface area contributed by atoms with E-state index < -0.39 is 11.9 Å². The number of carbonyl (C=O) groups is 2. The monoisotopic (exact) mass is 204 g/mol. The van der Waals surface area contributed by atoms with Crippen LogP contribution in [0.1, 0.15) is 12.8 Å². The summed E-state index contributed by atoms with van der Waals surface area (Å²) >= 11 is 0. The molecule has 82 valence electrons. The molecule has 0 aliphatic rings. The van der Waals surface area contributed by atoms with Crippen molar-refractivity contribution in [1.82, 2.24) is 4.90 Å². The van der Waals surface area contributed by atoms with E-state index in [9.17, 15) is 9.59 Å². The molecule has 0 bridgehead atoms. The van der Waals surface area contributed by atoms with Crippen molar-refractivity contribution in [1.29, 1.82) is 0 Å². The number of nitrogens with two attached hydrogens (primary N) is 1. The minimum Gasteiger partial charge on any atom is -0.480 e. The molecule has 6 nitrogen and oxygen atoms in total. The summed E-state index contributed by atoms with van der Waals surface area (Å²) in [6.07, 6.45) is 1.24. The highest BCUT2D eigenvalue weighted by Gasteiger charge is 2.11. The second-order valence-electron chi connectivity index (χ2n) is 3.00. The molecule has 0 atom stereocenters. The lowest BCUT2D eigenvalue weighted by molar-refractivity contribution is -0.138. The van der Waals surface area contributed by atoms with Crippen LogP contribution in [0.5, 0.6) is 0 Å². The molecule has 0 spiro atoms. The Morgan fingerprint density at radius 2 is 1.86 bits per heavy atom. The molecule has 14 heavy (non-hydrogen) atoms. The molecule has 0 fully saturated rings. The normalized spacial score (nSPS) is 10.4. The number of nitrogens with zero attached hydrogens (tertiary/aromatic N) is 1. The van der Waals surface area contributed by atoms with Crippen molar-refractivity contribution in [2.24, 2.45) is 5.73 Å². The molecule has 4 N–H and O–H groups in total. The van der Waals surface area contributed by atoms with Crippen LogP contribution in [-0.2, 0) is 9.59 Å².